The average Bonchev–Trinajstić information content (AvgIpc) is 3.16. The highest BCUT2D eigenvalue weighted by Gasteiger charge is 2.05. The monoisotopic (exact) mass is 369 g/mol. The third-order valence-electron chi connectivity index (χ3n) is 4.63. The zero-order valence-electron chi connectivity index (χ0n) is 15.8. The van der Waals surface area contributed by atoms with Gasteiger partial charge in [-0.1, -0.05) is 54.6 Å². The van der Waals surface area contributed by atoms with E-state index in [4.69, 9.17) is 0 Å². The summed E-state index contributed by atoms with van der Waals surface area (Å²) in [6.07, 6.45) is 1.80. The molecule has 1 aromatic heterocycles. The Balaban J connectivity index is 1.40. The van der Waals surface area contributed by atoms with Gasteiger partial charge in [0.1, 0.15) is 0 Å². The van der Waals surface area contributed by atoms with Crippen LogP contribution in [0.1, 0.15) is 18.1 Å². The number of hydrazone groups is 1. The number of nitrogens with zero attached hydrogens (tertiary/aromatic N) is 3. The fraction of sp³-hybridized carbons (Fsp3) is 0.130. The first-order valence-electron chi connectivity index (χ1n) is 9.44. The van der Waals surface area contributed by atoms with Crippen molar-refractivity contribution in [2.45, 2.75) is 13.5 Å². The number of imidazole rings is 1. The summed E-state index contributed by atoms with van der Waals surface area (Å²) in [5.74, 6) is 0.633. The lowest BCUT2D eigenvalue weighted by atomic mass is 10.1. The maximum Gasteiger partial charge on any atom is 0.222 e. The standard InChI is InChI=1S/C23H23N5/c1-2-28(17-19-8-4-3-5-9-19)20-14-12-18(13-15-20)16-24-27-23-25-21-10-6-7-11-22(21)26-23/h3-16H,2,17H2,1H3,(H2,25,26,27)/b24-16-. The minimum absolute atomic E-state index is 0.633. The molecule has 0 aliphatic carbocycles. The predicted octanol–water partition coefficient (Wildman–Crippen LogP) is 5.04. The summed E-state index contributed by atoms with van der Waals surface area (Å²) < 4.78 is 0. The van der Waals surface area contributed by atoms with Crippen LogP contribution in [-0.4, -0.2) is 22.7 Å². The molecule has 4 rings (SSSR count). The highest BCUT2D eigenvalue weighted by Crippen LogP contribution is 2.18. The number of hydrogen-bond donors (Lipinski definition) is 2. The van der Waals surface area contributed by atoms with Crippen LogP contribution < -0.4 is 10.3 Å². The van der Waals surface area contributed by atoms with E-state index < -0.39 is 0 Å². The lowest BCUT2D eigenvalue weighted by Crippen LogP contribution is -2.21. The minimum atomic E-state index is 0.633. The summed E-state index contributed by atoms with van der Waals surface area (Å²) in [6, 6.07) is 26.9. The van der Waals surface area contributed by atoms with Crippen LogP contribution in [0, 0.1) is 0 Å². The van der Waals surface area contributed by atoms with E-state index in [-0.39, 0.29) is 0 Å². The first-order valence-corrected chi connectivity index (χ1v) is 9.44. The van der Waals surface area contributed by atoms with Crippen molar-refractivity contribution in [1.29, 1.82) is 0 Å². The molecular formula is C23H23N5. The molecule has 0 fully saturated rings. The summed E-state index contributed by atoms with van der Waals surface area (Å²) in [5, 5.41) is 4.29. The lowest BCUT2D eigenvalue weighted by Gasteiger charge is -2.23. The van der Waals surface area contributed by atoms with Crippen LogP contribution in [0.2, 0.25) is 0 Å². The van der Waals surface area contributed by atoms with Crippen molar-refractivity contribution in [1.82, 2.24) is 9.97 Å². The van der Waals surface area contributed by atoms with Gasteiger partial charge in [0.2, 0.25) is 5.95 Å². The summed E-state index contributed by atoms with van der Waals surface area (Å²) in [6.45, 7) is 4.03. The fourth-order valence-corrected chi connectivity index (χ4v) is 3.13. The second-order valence-corrected chi connectivity index (χ2v) is 6.56. The van der Waals surface area contributed by atoms with Gasteiger partial charge in [0.25, 0.3) is 0 Å². The Morgan fingerprint density at radius 3 is 2.46 bits per heavy atom. The van der Waals surface area contributed by atoms with Crippen molar-refractivity contribution >= 4 is 28.9 Å². The third-order valence-corrected chi connectivity index (χ3v) is 4.63. The molecule has 3 aromatic carbocycles. The topological polar surface area (TPSA) is 56.3 Å². The van der Waals surface area contributed by atoms with E-state index in [0.717, 1.165) is 29.7 Å². The molecule has 0 amide bonds. The number of rotatable bonds is 7. The molecule has 4 aromatic rings. The minimum Gasteiger partial charge on any atom is -0.367 e. The molecule has 0 saturated carbocycles. The third kappa shape index (κ3) is 4.20. The second kappa shape index (κ2) is 8.39. The van der Waals surface area contributed by atoms with E-state index in [1.54, 1.807) is 6.21 Å². The zero-order chi connectivity index (χ0) is 19.2. The van der Waals surface area contributed by atoms with Gasteiger partial charge >= 0.3 is 0 Å². The van der Waals surface area contributed by atoms with Gasteiger partial charge < -0.3 is 9.88 Å². The van der Waals surface area contributed by atoms with E-state index in [2.05, 4.69) is 80.8 Å². The highest BCUT2D eigenvalue weighted by atomic mass is 15.3. The number of anilines is 2. The molecule has 5 nitrogen and oxygen atoms in total. The number of aromatic nitrogens is 2. The maximum absolute atomic E-state index is 4.45. The molecule has 0 spiro atoms. The van der Waals surface area contributed by atoms with Crippen molar-refractivity contribution in [2.24, 2.45) is 5.10 Å². The first kappa shape index (κ1) is 17.8. The molecule has 0 radical (unpaired) electrons. The van der Waals surface area contributed by atoms with Crippen LogP contribution in [0.25, 0.3) is 11.0 Å². The van der Waals surface area contributed by atoms with Crippen molar-refractivity contribution < 1.29 is 0 Å². The van der Waals surface area contributed by atoms with Crippen LogP contribution in [0.3, 0.4) is 0 Å². The van der Waals surface area contributed by atoms with Gasteiger partial charge in [0.05, 0.1) is 17.2 Å². The predicted molar refractivity (Wildman–Crippen MR) is 117 cm³/mol. The van der Waals surface area contributed by atoms with E-state index in [9.17, 15) is 0 Å². The highest BCUT2D eigenvalue weighted by molar-refractivity contribution is 5.81. The maximum atomic E-state index is 4.45. The first-order chi connectivity index (χ1) is 13.8. The summed E-state index contributed by atoms with van der Waals surface area (Å²) in [7, 11) is 0. The Labute approximate surface area is 164 Å². The Morgan fingerprint density at radius 1 is 0.964 bits per heavy atom. The molecule has 0 unspecified atom stereocenters. The Morgan fingerprint density at radius 2 is 1.71 bits per heavy atom. The molecule has 0 bridgehead atoms. The van der Waals surface area contributed by atoms with Gasteiger partial charge in [-0.25, -0.2) is 10.4 Å². The zero-order valence-corrected chi connectivity index (χ0v) is 15.8. The molecule has 140 valence electrons. The van der Waals surface area contributed by atoms with Gasteiger partial charge in [0, 0.05) is 18.8 Å². The summed E-state index contributed by atoms with van der Waals surface area (Å²) in [4.78, 5) is 9.99. The molecule has 0 saturated heterocycles. The van der Waals surface area contributed by atoms with Gasteiger partial charge in [-0.15, -0.1) is 0 Å². The van der Waals surface area contributed by atoms with Crippen LogP contribution in [-0.2, 0) is 6.54 Å². The average molecular weight is 369 g/mol. The number of para-hydroxylation sites is 2. The van der Waals surface area contributed by atoms with Crippen molar-refractivity contribution in [2.75, 3.05) is 16.9 Å². The number of aromatic amines is 1. The van der Waals surface area contributed by atoms with Gasteiger partial charge in [-0.05, 0) is 42.3 Å². The molecule has 2 N–H and O–H groups in total. The number of nitrogens with one attached hydrogen (secondary N) is 2. The van der Waals surface area contributed by atoms with Crippen molar-refractivity contribution in [3.8, 4) is 0 Å². The molecule has 0 aliphatic rings. The molecule has 5 heteroatoms. The van der Waals surface area contributed by atoms with Crippen molar-refractivity contribution in [3.05, 3.63) is 90.0 Å². The van der Waals surface area contributed by atoms with E-state index >= 15 is 0 Å². The molecule has 0 aliphatic heterocycles. The van der Waals surface area contributed by atoms with Crippen LogP contribution >= 0.6 is 0 Å². The smallest absolute Gasteiger partial charge is 0.222 e. The van der Waals surface area contributed by atoms with Gasteiger partial charge in [-0.3, -0.25) is 0 Å². The molecule has 28 heavy (non-hydrogen) atoms. The largest absolute Gasteiger partial charge is 0.367 e. The Hall–Kier alpha value is -3.60. The summed E-state index contributed by atoms with van der Waals surface area (Å²) >= 11 is 0. The lowest BCUT2D eigenvalue weighted by molar-refractivity contribution is 0.832. The second-order valence-electron chi connectivity index (χ2n) is 6.56. The summed E-state index contributed by atoms with van der Waals surface area (Å²) in [5.41, 5.74) is 8.41. The van der Waals surface area contributed by atoms with Crippen LogP contribution in [0.5, 0.6) is 0 Å². The quantitative estimate of drug-likeness (QED) is 0.355. The number of benzene rings is 3. The fourth-order valence-electron chi connectivity index (χ4n) is 3.13. The molecule has 0 atom stereocenters. The molecular weight excluding hydrogens is 346 g/mol. The van der Waals surface area contributed by atoms with Gasteiger partial charge in [0.15, 0.2) is 0 Å². The Bertz CT molecular complexity index is 1020. The van der Waals surface area contributed by atoms with Gasteiger partial charge in [-0.2, -0.15) is 5.10 Å². The number of hydrogen-bond acceptors (Lipinski definition) is 4. The van der Waals surface area contributed by atoms with E-state index in [0.29, 0.717) is 5.95 Å². The normalized spacial score (nSPS) is 11.2. The van der Waals surface area contributed by atoms with Crippen LogP contribution in [0.4, 0.5) is 11.6 Å². The number of H-pyrrole nitrogens is 1. The van der Waals surface area contributed by atoms with Crippen molar-refractivity contribution in [3.63, 3.8) is 0 Å². The van der Waals surface area contributed by atoms with E-state index in [1.807, 2.05) is 30.3 Å². The SMILES string of the molecule is CCN(Cc1ccccc1)c1ccc(/C=N\Nc2nc3ccccc3[nH]2)cc1. The van der Waals surface area contributed by atoms with E-state index in [1.165, 1.54) is 11.3 Å². The number of fused-ring (bicyclic) bond motifs is 1. The Kier molecular flexibility index (Phi) is 5.33. The molecule has 1 heterocycles. The van der Waals surface area contributed by atoms with Crippen LogP contribution in [0.15, 0.2) is 84.0 Å².